The lowest BCUT2D eigenvalue weighted by Crippen LogP contribution is -2.42. The van der Waals surface area contributed by atoms with Crippen LogP contribution < -0.4 is 5.32 Å². The number of halogens is 3. The Morgan fingerprint density at radius 1 is 0.938 bits per heavy atom. The summed E-state index contributed by atoms with van der Waals surface area (Å²) in [7, 11) is -3.86. The maximum Gasteiger partial charge on any atom is 0.416 e. The summed E-state index contributed by atoms with van der Waals surface area (Å²) in [5, 5.41) is 3.26. The van der Waals surface area contributed by atoms with Gasteiger partial charge in [-0.3, -0.25) is 0 Å². The normalized spacial score (nSPS) is 16.1. The molecule has 3 aromatic rings. The Morgan fingerprint density at radius 2 is 1.59 bits per heavy atom. The van der Waals surface area contributed by atoms with Crippen molar-refractivity contribution in [1.29, 1.82) is 0 Å². The zero-order valence-corrected chi connectivity index (χ0v) is 17.8. The molecule has 1 N–H and O–H groups in total. The standard InChI is InChI=1S/C22H21F3N4O2S/c23-22(24,25)17-6-8-19(9-7-17)32(30,31)29-14-11-18(12-15-29)27-21-26-13-10-20(28-21)16-4-2-1-3-5-16/h1-10,13,18H,11-12,14-15H2,(H,26,27,28). The smallest absolute Gasteiger partial charge is 0.351 e. The number of aromatic nitrogens is 2. The zero-order valence-electron chi connectivity index (χ0n) is 17.0. The van der Waals surface area contributed by atoms with E-state index in [1.54, 1.807) is 6.20 Å². The Labute approximate surface area is 184 Å². The van der Waals surface area contributed by atoms with Crippen molar-refractivity contribution >= 4 is 16.0 Å². The van der Waals surface area contributed by atoms with Gasteiger partial charge in [-0.15, -0.1) is 0 Å². The predicted octanol–water partition coefficient (Wildman–Crippen LogP) is 4.43. The Hall–Kier alpha value is -2.98. The van der Waals surface area contributed by atoms with Crippen LogP contribution in [0.25, 0.3) is 11.3 Å². The molecule has 0 saturated carbocycles. The van der Waals surface area contributed by atoms with Gasteiger partial charge in [-0.1, -0.05) is 30.3 Å². The molecule has 0 amide bonds. The highest BCUT2D eigenvalue weighted by atomic mass is 32.2. The van der Waals surface area contributed by atoms with Gasteiger partial charge >= 0.3 is 6.18 Å². The average Bonchev–Trinajstić information content (AvgIpc) is 2.80. The second-order valence-corrected chi connectivity index (χ2v) is 9.41. The molecule has 0 aliphatic carbocycles. The fourth-order valence-electron chi connectivity index (χ4n) is 3.59. The lowest BCUT2D eigenvalue weighted by atomic mass is 10.1. The Morgan fingerprint density at radius 3 is 2.22 bits per heavy atom. The van der Waals surface area contributed by atoms with E-state index in [0.29, 0.717) is 18.8 Å². The fraction of sp³-hybridized carbons (Fsp3) is 0.273. The van der Waals surface area contributed by atoms with Crippen LogP contribution in [0, 0.1) is 0 Å². The molecule has 1 aromatic heterocycles. The van der Waals surface area contributed by atoms with Crippen molar-refractivity contribution in [1.82, 2.24) is 14.3 Å². The molecule has 1 fully saturated rings. The first-order valence-electron chi connectivity index (χ1n) is 10.1. The van der Waals surface area contributed by atoms with Gasteiger partial charge < -0.3 is 5.32 Å². The van der Waals surface area contributed by atoms with E-state index < -0.39 is 21.8 Å². The van der Waals surface area contributed by atoms with Gasteiger partial charge in [0.25, 0.3) is 0 Å². The minimum atomic E-state index is -4.51. The van der Waals surface area contributed by atoms with Crippen molar-refractivity contribution in [3.8, 4) is 11.3 Å². The van der Waals surface area contributed by atoms with E-state index in [9.17, 15) is 21.6 Å². The van der Waals surface area contributed by atoms with Gasteiger partial charge in [0.1, 0.15) is 0 Å². The van der Waals surface area contributed by atoms with E-state index in [1.165, 1.54) is 4.31 Å². The first-order chi connectivity index (χ1) is 15.2. The largest absolute Gasteiger partial charge is 0.416 e. The number of nitrogens with zero attached hydrogens (tertiary/aromatic N) is 3. The molecule has 0 spiro atoms. The van der Waals surface area contributed by atoms with Gasteiger partial charge in [-0.2, -0.15) is 17.5 Å². The highest BCUT2D eigenvalue weighted by Crippen LogP contribution is 2.30. The number of alkyl halides is 3. The molecule has 2 aromatic carbocycles. The lowest BCUT2D eigenvalue weighted by molar-refractivity contribution is -0.137. The molecule has 168 valence electrons. The van der Waals surface area contributed by atoms with Crippen LogP contribution in [0.2, 0.25) is 0 Å². The molecular formula is C22H21F3N4O2S. The zero-order chi connectivity index (χ0) is 22.8. The number of nitrogens with one attached hydrogen (secondary N) is 1. The summed E-state index contributed by atoms with van der Waals surface area (Å²) in [6.45, 7) is 0.499. The van der Waals surface area contributed by atoms with Gasteiger partial charge in [0.15, 0.2) is 0 Å². The highest BCUT2D eigenvalue weighted by Gasteiger charge is 2.33. The Kier molecular flexibility index (Phi) is 6.16. The van der Waals surface area contributed by atoms with E-state index in [-0.39, 0.29) is 24.0 Å². The van der Waals surface area contributed by atoms with E-state index in [2.05, 4.69) is 15.3 Å². The summed E-state index contributed by atoms with van der Waals surface area (Å²) >= 11 is 0. The number of piperidine rings is 1. The monoisotopic (exact) mass is 462 g/mol. The van der Waals surface area contributed by atoms with Gasteiger partial charge in [0.05, 0.1) is 16.2 Å². The molecular weight excluding hydrogens is 441 g/mol. The second kappa shape index (κ2) is 8.87. The SMILES string of the molecule is O=S(=O)(c1ccc(C(F)(F)F)cc1)N1CCC(Nc2nccc(-c3ccccc3)n2)CC1. The summed E-state index contributed by atoms with van der Waals surface area (Å²) in [4.78, 5) is 8.65. The third-order valence-electron chi connectivity index (χ3n) is 5.33. The summed E-state index contributed by atoms with van der Waals surface area (Å²) in [5.74, 6) is 0.468. The van der Waals surface area contributed by atoms with Crippen LogP contribution in [-0.2, 0) is 16.2 Å². The van der Waals surface area contributed by atoms with E-state index >= 15 is 0 Å². The van der Waals surface area contributed by atoms with Gasteiger partial charge in [0.2, 0.25) is 16.0 Å². The molecule has 0 unspecified atom stereocenters. The summed E-state index contributed by atoms with van der Waals surface area (Å²) in [5.41, 5.74) is 0.873. The molecule has 1 aliphatic heterocycles. The highest BCUT2D eigenvalue weighted by molar-refractivity contribution is 7.89. The molecule has 4 rings (SSSR count). The molecule has 10 heteroatoms. The van der Waals surface area contributed by atoms with Crippen LogP contribution in [0.1, 0.15) is 18.4 Å². The molecule has 1 aliphatic rings. The van der Waals surface area contributed by atoms with E-state index in [4.69, 9.17) is 0 Å². The van der Waals surface area contributed by atoms with E-state index in [1.807, 2.05) is 36.4 Å². The molecule has 32 heavy (non-hydrogen) atoms. The number of sulfonamides is 1. The first kappa shape index (κ1) is 22.2. The summed E-state index contributed by atoms with van der Waals surface area (Å²) in [6.07, 6.45) is -1.79. The van der Waals surface area contributed by atoms with Crippen molar-refractivity contribution in [3.05, 3.63) is 72.4 Å². The van der Waals surface area contributed by atoms with E-state index in [0.717, 1.165) is 35.5 Å². The predicted molar refractivity (Wildman–Crippen MR) is 114 cm³/mol. The van der Waals surface area contributed by atoms with Gasteiger partial charge in [-0.05, 0) is 43.2 Å². The number of benzene rings is 2. The number of rotatable bonds is 5. The van der Waals surface area contributed by atoms with Crippen molar-refractivity contribution in [3.63, 3.8) is 0 Å². The number of hydrogen-bond acceptors (Lipinski definition) is 5. The molecule has 1 saturated heterocycles. The fourth-order valence-corrected chi connectivity index (χ4v) is 5.06. The maximum atomic E-state index is 12.8. The summed E-state index contributed by atoms with van der Waals surface area (Å²) in [6, 6.07) is 15.1. The van der Waals surface area contributed by atoms with Crippen molar-refractivity contribution in [2.45, 2.75) is 30.0 Å². The molecule has 0 radical (unpaired) electrons. The quantitative estimate of drug-likeness (QED) is 0.607. The third kappa shape index (κ3) is 4.91. The second-order valence-electron chi connectivity index (χ2n) is 7.48. The van der Waals surface area contributed by atoms with Crippen molar-refractivity contribution in [2.24, 2.45) is 0 Å². The maximum absolute atomic E-state index is 12.8. The van der Waals surface area contributed by atoms with Crippen molar-refractivity contribution in [2.75, 3.05) is 18.4 Å². The topological polar surface area (TPSA) is 75.2 Å². The van der Waals surface area contributed by atoms with Crippen LogP contribution >= 0.6 is 0 Å². The average molecular weight is 462 g/mol. The van der Waals surface area contributed by atoms with Gasteiger partial charge in [-0.25, -0.2) is 18.4 Å². The molecule has 0 bridgehead atoms. The summed E-state index contributed by atoms with van der Waals surface area (Å²) < 4.78 is 65.1. The van der Waals surface area contributed by atoms with Crippen LogP contribution in [0.3, 0.4) is 0 Å². The van der Waals surface area contributed by atoms with Crippen LogP contribution in [0.4, 0.5) is 19.1 Å². The van der Waals surface area contributed by atoms with Crippen molar-refractivity contribution < 1.29 is 21.6 Å². The minimum Gasteiger partial charge on any atom is -0.351 e. The Balaban J connectivity index is 1.39. The first-order valence-corrected chi connectivity index (χ1v) is 11.5. The molecule has 2 heterocycles. The van der Waals surface area contributed by atoms with Gasteiger partial charge in [0, 0.05) is 30.9 Å². The van der Waals surface area contributed by atoms with Crippen LogP contribution in [0.5, 0.6) is 0 Å². The Bertz CT molecular complexity index is 1160. The number of hydrogen-bond donors (Lipinski definition) is 1. The minimum absolute atomic E-state index is 0.0138. The molecule has 6 nitrogen and oxygen atoms in total. The van der Waals surface area contributed by atoms with Crippen LogP contribution in [0.15, 0.2) is 71.8 Å². The lowest BCUT2D eigenvalue weighted by Gasteiger charge is -2.31. The molecule has 0 atom stereocenters. The number of anilines is 1. The van der Waals surface area contributed by atoms with Crippen LogP contribution in [-0.4, -0.2) is 41.8 Å². The third-order valence-corrected chi connectivity index (χ3v) is 7.24.